The standard InChI is InChI=1S/C14H12FN3O/c15-13-4-2-1-3-11(13)9-17-18-14(19)10-5-7-12(16)8-6-10/h1-9H,16H2,(H,18,19)/b17-9+. The van der Waals surface area contributed by atoms with Crippen molar-refractivity contribution in [3.8, 4) is 0 Å². The van der Waals surface area contributed by atoms with Crippen molar-refractivity contribution in [2.75, 3.05) is 5.73 Å². The Morgan fingerprint density at radius 2 is 1.84 bits per heavy atom. The molecule has 0 aliphatic rings. The molecule has 5 heteroatoms. The van der Waals surface area contributed by atoms with Crippen molar-refractivity contribution in [1.29, 1.82) is 0 Å². The van der Waals surface area contributed by atoms with E-state index in [4.69, 9.17) is 5.73 Å². The largest absolute Gasteiger partial charge is 0.399 e. The van der Waals surface area contributed by atoms with Crippen LogP contribution in [0.25, 0.3) is 0 Å². The summed E-state index contributed by atoms with van der Waals surface area (Å²) in [5.74, 6) is -0.777. The summed E-state index contributed by atoms with van der Waals surface area (Å²) in [5, 5.41) is 3.71. The van der Waals surface area contributed by atoms with E-state index in [2.05, 4.69) is 10.5 Å². The molecule has 2 aromatic rings. The molecule has 0 heterocycles. The molecule has 2 aromatic carbocycles. The van der Waals surface area contributed by atoms with Crippen LogP contribution >= 0.6 is 0 Å². The van der Waals surface area contributed by atoms with E-state index in [-0.39, 0.29) is 5.91 Å². The molecule has 0 spiro atoms. The lowest BCUT2D eigenvalue weighted by molar-refractivity contribution is 0.0955. The van der Waals surface area contributed by atoms with Gasteiger partial charge in [0.15, 0.2) is 0 Å². The van der Waals surface area contributed by atoms with Gasteiger partial charge in [-0.15, -0.1) is 0 Å². The molecule has 96 valence electrons. The number of rotatable bonds is 3. The quantitative estimate of drug-likeness (QED) is 0.502. The Hall–Kier alpha value is -2.69. The average molecular weight is 257 g/mol. The monoisotopic (exact) mass is 257 g/mol. The summed E-state index contributed by atoms with van der Waals surface area (Å²) >= 11 is 0. The summed E-state index contributed by atoms with van der Waals surface area (Å²) in [4.78, 5) is 11.7. The number of nitrogen functional groups attached to an aromatic ring is 1. The zero-order chi connectivity index (χ0) is 13.7. The van der Waals surface area contributed by atoms with Crippen LogP contribution in [0.4, 0.5) is 10.1 Å². The highest BCUT2D eigenvalue weighted by Crippen LogP contribution is 2.05. The number of carbonyl (C=O) groups excluding carboxylic acids is 1. The van der Waals surface area contributed by atoms with E-state index in [1.807, 2.05) is 0 Å². The van der Waals surface area contributed by atoms with Gasteiger partial charge in [-0.25, -0.2) is 9.82 Å². The lowest BCUT2D eigenvalue weighted by atomic mass is 10.2. The SMILES string of the molecule is Nc1ccc(C(=O)N/N=C/c2ccccc2F)cc1. The highest BCUT2D eigenvalue weighted by molar-refractivity contribution is 5.95. The van der Waals surface area contributed by atoms with Crippen LogP contribution < -0.4 is 11.2 Å². The third kappa shape index (κ3) is 3.38. The number of nitrogens with two attached hydrogens (primary N) is 1. The third-order valence-corrected chi connectivity index (χ3v) is 2.45. The van der Waals surface area contributed by atoms with Gasteiger partial charge < -0.3 is 5.73 Å². The van der Waals surface area contributed by atoms with E-state index in [0.717, 1.165) is 0 Å². The van der Waals surface area contributed by atoms with Crippen LogP contribution in [0.15, 0.2) is 53.6 Å². The number of nitrogens with one attached hydrogen (secondary N) is 1. The molecule has 0 aromatic heterocycles. The number of amides is 1. The molecule has 0 aliphatic carbocycles. The number of hydrogen-bond acceptors (Lipinski definition) is 3. The average Bonchev–Trinajstić information content (AvgIpc) is 2.41. The van der Waals surface area contributed by atoms with Crippen molar-refractivity contribution in [1.82, 2.24) is 5.43 Å². The Morgan fingerprint density at radius 3 is 2.53 bits per heavy atom. The zero-order valence-corrected chi connectivity index (χ0v) is 10.0. The fourth-order valence-electron chi connectivity index (χ4n) is 1.44. The van der Waals surface area contributed by atoms with Gasteiger partial charge >= 0.3 is 0 Å². The predicted octanol–water partition coefficient (Wildman–Crippen LogP) is 2.17. The fraction of sp³-hybridized carbons (Fsp3) is 0. The number of benzene rings is 2. The molecule has 0 unspecified atom stereocenters. The van der Waals surface area contributed by atoms with E-state index < -0.39 is 5.82 Å². The first-order chi connectivity index (χ1) is 9.16. The van der Waals surface area contributed by atoms with Gasteiger partial charge in [0.2, 0.25) is 0 Å². The van der Waals surface area contributed by atoms with Crippen LogP contribution in [-0.4, -0.2) is 12.1 Å². The van der Waals surface area contributed by atoms with Crippen LogP contribution in [0.5, 0.6) is 0 Å². The van der Waals surface area contributed by atoms with Crippen LogP contribution in [0.1, 0.15) is 15.9 Å². The Bertz CT molecular complexity index is 608. The third-order valence-electron chi connectivity index (χ3n) is 2.45. The van der Waals surface area contributed by atoms with Crippen LogP contribution in [-0.2, 0) is 0 Å². The van der Waals surface area contributed by atoms with Crippen LogP contribution in [0, 0.1) is 5.82 Å². The molecule has 1 amide bonds. The molecule has 4 nitrogen and oxygen atoms in total. The molecule has 0 bridgehead atoms. The van der Waals surface area contributed by atoms with Crippen molar-refractivity contribution in [3.05, 3.63) is 65.5 Å². The maximum Gasteiger partial charge on any atom is 0.271 e. The second-order valence-electron chi connectivity index (χ2n) is 3.84. The summed E-state index contributed by atoms with van der Waals surface area (Å²) in [5.41, 5.74) is 9.15. The van der Waals surface area contributed by atoms with E-state index >= 15 is 0 Å². The minimum Gasteiger partial charge on any atom is -0.399 e. The fourth-order valence-corrected chi connectivity index (χ4v) is 1.44. The predicted molar refractivity (Wildman–Crippen MR) is 72.3 cm³/mol. The van der Waals surface area contributed by atoms with Gasteiger partial charge in [0.1, 0.15) is 5.82 Å². The van der Waals surface area contributed by atoms with Crippen LogP contribution in [0.2, 0.25) is 0 Å². The van der Waals surface area contributed by atoms with Crippen molar-refractivity contribution in [2.45, 2.75) is 0 Å². The maximum atomic E-state index is 13.3. The number of hydrogen-bond donors (Lipinski definition) is 2. The first-order valence-electron chi connectivity index (χ1n) is 5.60. The van der Waals surface area contributed by atoms with Gasteiger partial charge in [-0.1, -0.05) is 18.2 Å². The maximum absolute atomic E-state index is 13.3. The number of halogens is 1. The van der Waals surface area contributed by atoms with E-state index in [1.54, 1.807) is 42.5 Å². The number of anilines is 1. The molecule has 0 saturated heterocycles. The van der Waals surface area contributed by atoms with Crippen molar-refractivity contribution in [2.24, 2.45) is 5.10 Å². The number of nitrogens with zero attached hydrogens (tertiary/aromatic N) is 1. The first kappa shape index (κ1) is 12.8. The van der Waals surface area contributed by atoms with E-state index in [1.165, 1.54) is 12.3 Å². The molecular weight excluding hydrogens is 245 g/mol. The van der Waals surface area contributed by atoms with E-state index in [9.17, 15) is 9.18 Å². The molecule has 0 aliphatic heterocycles. The normalized spacial score (nSPS) is 10.6. The Kier molecular flexibility index (Phi) is 3.87. The van der Waals surface area contributed by atoms with Crippen LogP contribution in [0.3, 0.4) is 0 Å². The second kappa shape index (κ2) is 5.77. The molecule has 19 heavy (non-hydrogen) atoms. The molecular formula is C14H12FN3O. The molecule has 0 atom stereocenters. The van der Waals surface area contributed by atoms with Crippen molar-refractivity contribution < 1.29 is 9.18 Å². The Labute approximate surface area is 109 Å². The van der Waals surface area contributed by atoms with Gasteiger partial charge in [0, 0.05) is 16.8 Å². The minimum absolute atomic E-state index is 0.306. The smallest absolute Gasteiger partial charge is 0.271 e. The van der Waals surface area contributed by atoms with Gasteiger partial charge in [0.05, 0.1) is 6.21 Å². The molecule has 0 radical (unpaired) electrons. The summed E-state index contributed by atoms with van der Waals surface area (Å²) in [6.07, 6.45) is 1.25. The van der Waals surface area contributed by atoms with E-state index in [0.29, 0.717) is 16.8 Å². The van der Waals surface area contributed by atoms with Gasteiger partial charge in [-0.3, -0.25) is 4.79 Å². The topological polar surface area (TPSA) is 67.5 Å². The summed E-state index contributed by atoms with van der Waals surface area (Å²) in [7, 11) is 0. The summed E-state index contributed by atoms with van der Waals surface area (Å²) in [6, 6.07) is 12.6. The van der Waals surface area contributed by atoms with Crippen molar-refractivity contribution >= 4 is 17.8 Å². The number of hydrazone groups is 1. The lowest BCUT2D eigenvalue weighted by Crippen LogP contribution is -2.17. The molecule has 3 N–H and O–H groups in total. The van der Waals surface area contributed by atoms with Crippen molar-refractivity contribution in [3.63, 3.8) is 0 Å². The molecule has 0 saturated carbocycles. The summed E-state index contributed by atoms with van der Waals surface area (Å²) < 4.78 is 13.3. The minimum atomic E-state index is -0.395. The van der Waals surface area contributed by atoms with Gasteiger partial charge in [-0.2, -0.15) is 5.10 Å². The Morgan fingerprint density at radius 1 is 1.16 bits per heavy atom. The highest BCUT2D eigenvalue weighted by atomic mass is 19.1. The molecule has 2 rings (SSSR count). The number of carbonyl (C=O) groups is 1. The Balaban J connectivity index is 2.01. The molecule has 0 fully saturated rings. The van der Waals surface area contributed by atoms with Gasteiger partial charge in [0.25, 0.3) is 5.91 Å². The lowest BCUT2D eigenvalue weighted by Gasteiger charge is -2.00. The van der Waals surface area contributed by atoms with Gasteiger partial charge in [-0.05, 0) is 30.3 Å². The highest BCUT2D eigenvalue weighted by Gasteiger charge is 2.03. The zero-order valence-electron chi connectivity index (χ0n) is 10.0. The summed E-state index contributed by atoms with van der Waals surface area (Å²) in [6.45, 7) is 0. The second-order valence-corrected chi connectivity index (χ2v) is 3.84. The first-order valence-corrected chi connectivity index (χ1v) is 5.60.